The molecule has 0 aliphatic carbocycles. The van der Waals surface area contributed by atoms with Gasteiger partial charge in [0, 0.05) is 43.3 Å². The van der Waals surface area contributed by atoms with Gasteiger partial charge in [0.25, 0.3) is 0 Å². The van der Waals surface area contributed by atoms with E-state index in [2.05, 4.69) is 28.6 Å². The molecular formula is C27H31FN4O2. The summed E-state index contributed by atoms with van der Waals surface area (Å²) in [6.07, 6.45) is 8.15. The number of amides is 1. The molecule has 178 valence electrons. The van der Waals surface area contributed by atoms with Crippen LogP contribution in [-0.2, 0) is 6.54 Å². The smallest absolute Gasteiger partial charge is 0.334 e. The van der Waals surface area contributed by atoms with Crippen LogP contribution in [0.2, 0.25) is 0 Å². The number of ether oxygens (including phenoxy) is 1. The fraction of sp³-hybridized carbons (Fsp3) is 0.333. The quantitative estimate of drug-likeness (QED) is 0.435. The molecule has 2 aromatic carbocycles. The zero-order chi connectivity index (χ0) is 24.1. The molecule has 6 nitrogen and oxygen atoms in total. The van der Waals surface area contributed by atoms with E-state index in [0.29, 0.717) is 12.1 Å². The van der Waals surface area contributed by atoms with Gasteiger partial charge in [-0.3, -0.25) is 14.4 Å². The lowest BCUT2D eigenvalue weighted by molar-refractivity contribution is 0.155. The number of halogens is 1. The van der Waals surface area contributed by atoms with Crippen LogP contribution in [0.1, 0.15) is 32.3 Å². The standard InChI is InChI=1S/C27H31FN4O2/c1-4-23-17-25(11-13-30(23)18-21-7-5-10-26(15-21)34-20(2)3)32(24-9-6-8-22(28)16-24)27(33)31-14-12-29-19-31/h4-10,12,14-16,19-20,23,25H,1,11,13,17-18H2,2-3H3/t23-,25?/m0/s1. The van der Waals surface area contributed by atoms with Gasteiger partial charge in [-0.1, -0.05) is 24.3 Å². The molecule has 0 radical (unpaired) electrons. The molecule has 1 aromatic heterocycles. The van der Waals surface area contributed by atoms with Crippen LogP contribution in [0.4, 0.5) is 14.9 Å². The minimum absolute atomic E-state index is 0.0695. The number of imidazole rings is 1. The summed E-state index contributed by atoms with van der Waals surface area (Å²) in [6, 6.07) is 14.1. The van der Waals surface area contributed by atoms with Gasteiger partial charge in [0.05, 0.1) is 6.10 Å². The highest BCUT2D eigenvalue weighted by atomic mass is 19.1. The van der Waals surface area contributed by atoms with Crippen molar-refractivity contribution in [2.24, 2.45) is 0 Å². The van der Waals surface area contributed by atoms with E-state index in [9.17, 15) is 9.18 Å². The lowest BCUT2D eigenvalue weighted by Gasteiger charge is -2.42. The van der Waals surface area contributed by atoms with Crippen LogP contribution in [0, 0.1) is 5.82 Å². The minimum atomic E-state index is -0.373. The second-order valence-corrected chi connectivity index (χ2v) is 8.87. The number of anilines is 1. The average molecular weight is 463 g/mol. The number of nitrogens with zero attached hydrogens (tertiary/aromatic N) is 4. The SMILES string of the molecule is C=C[C@H]1CC(N(C(=O)n2ccnc2)c2cccc(F)c2)CCN1Cc1cccc(OC(C)C)c1. The molecule has 1 fully saturated rings. The van der Waals surface area contributed by atoms with E-state index < -0.39 is 0 Å². The number of aromatic nitrogens is 2. The summed E-state index contributed by atoms with van der Waals surface area (Å²) in [7, 11) is 0. The Balaban J connectivity index is 1.54. The van der Waals surface area contributed by atoms with Crippen molar-refractivity contribution in [1.29, 1.82) is 0 Å². The van der Waals surface area contributed by atoms with Gasteiger partial charge in [-0.25, -0.2) is 14.2 Å². The Labute approximate surface area is 200 Å². The van der Waals surface area contributed by atoms with Crippen molar-refractivity contribution >= 4 is 11.7 Å². The van der Waals surface area contributed by atoms with Crippen molar-refractivity contribution in [3.05, 3.63) is 91.3 Å². The van der Waals surface area contributed by atoms with E-state index in [1.807, 2.05) is 32.1 Å². The molecule has 0 saturated carbocycles. The van der Waals surface area contributed by atoms with Crippen molar-refractivity contribution in [2.45, 2.75) is 51.4 Å². The molecule has 7 heteroatoms. The van der Waals surface area contributed by atoms with Crippen LogP contribution in [0.25, 0.3) is 0 Å². The molecule has 0 spiro atoms. The van der Waals surface area contributed by atoms with E-state index in [1.54, 1.807) is 29.4 Å². The molecule has 2 atom stereocenters. The molecule has 1 amide bonds. The zero-order valence-electron chi connectivity index (χ0n) is 19.7. The van der Waals surface area contributed by atoms with Crippen molar-refractivity contribution < 1.29 is 13.9 Å². The van der Waals surface area contributed by atoms with Gasteiger partial charge in [-0.15, -0.1) is 6.58 Å². The molecule has 1 unspecified atom stereocenters. The van der Waals surface area contributed by atoms with E-state index in [0.717, 1.165) is 25.3 Å². The lowest BCUT2D eigenvalue weighted by atomic mass is 9.94. The van der Waals surface area contributed by atoms with Crippen LogP contribution < -0.4 is 9.64 Å². The highest BCUT2D eigenvalue weighted by molar-refractivity contribution is 5.94. The van der Waals surface area contributed by atoms with Crippen molar-refractivity contribution in [2.75, 3.05) is 11.4 Å². The number of likely N-dealkylation sites (tertiary alicyclic amines) is 1. The van der Waals surface area contributed by atoms with Gasteiger partial charge in [0.15, 0.2) is 0 Å². The Morgan fingerprint density at radius 3 is 2.82 bits per heavy atom. The first-order valence-electron chi connectivity index (χ1n) is 11.6. The third-order valence-corrected chi connectivity index (χ3v) is 6.04. The Kier molecular flexibility index (Phi) is 7.43. The second kappa shape index (κ2) is 10.7. The summed E-state index contributed by atoms with van der Waals surface area (Å²) in [5.74, 6) is 0.489. The maximum Gasteiger partial charge on any atom is 0.334 e. The summed E-state index contributed by atoms with van der Waals surface area (Å²) in [5, 5.41) is 0. The van der Waals surface area contributed by atoms with Gasteiger partial charge < -0.3 is 4.74 Å². The predicted octanol–water partition coefficient (Wildman–Crippen LogP) is 5.50. The molecule has 0 bridgehead atoms. The molecule has 2 heterocycles. The first-order chi connectivity index (χ1) is 16.4. The highest BCUT2D eigenvalue weighted by Crippen LogP contribution is 2.30. The van der Waals surface area contributed by atoms with Crippen LogP contribution in [0.3, 0.4) is 0 Å². The van der Waals surface area contributed by atoms with E-state index in [-0.39, 0.29) is 30.0 Å². The molecule has 0 N–H and O–H groups in total. The second-order valence-electron chi connectivity index (χ2n) is 8.87. The van der Waals surface area contributed by atoms with Crippen LogP contribution in [-0.4, -0.2) is 45.2 Å². The maximum absolute atomic E-state index is 14.1. The van der Waals surface area contributed by atoms with Crippen LogP contribution in [0.15, 0.2) is 79.9 Å². The molecule has 1 aliphatic heterocycles. The highest BCUT2D eigenvalue weighted by Gasteiger charge is 2.34. The van der Waals surface area contributed by atoms with E-state index in [1.165, 1.54) is 28.6 Å². The average Bonchev–Trinajstić information content (AvgIpc) is 3.35. The summed E-state index contributed by atoms with van der Waals surface area (Å²) < 4.78 is 21.3. The molecular weight excluding hydrogens is 431 g/mol. The number of benzene rings is 2. The minimum Gasteiger partial charge on any atom is -0.491 e. The monoisotopic (exact) mass is 462 g/mol. The number of rotatable bonds is 7. The Morgan fingerprint density at radius 2 is 2.12 bits per heavy atom. The van der Waals surface area contributed by atoms with Crippen molar-refractivity contribution in [1.82, 2.24) is 14.5 Å². The first-order valence-corrected chi connectivity index (χ1v) is 11.6. The summed E-state index contributed by atoms with van der Waals surface area (Å²) >= 11 is 0. The maximum atomic E-state index is 14.1. The summed E-state index contributed by atoms with van der Waals surface area (Å²) in [4.78, 5) is 21.4. The van der Waals surface area contributed by atoms with Gasteiger partial charge >= 0.3 is 6.03 Å². The van der Waals surface area contributed by atoms with E-state index >= 15 is 0 Å². The topological polar surface area (TPSA) is 50.6 Å². The third kappa shape index (κ3) is 5.54. The van der Waals surface area contributed by atoms with Gasteiger partial charge in [-0.2, -0.15) is 0 Å². The number of piperidine rings is 1. The molecule has 34 heavy (non-hydrogen) atoms. The predicted molar refractivity (Wildman–Crippen MR) is 132 cm³/mol. The normalized spacial score (nSPS) is 18.6. The summed E-state index contributed by atoms with van der Waals surface area (Å²) in [6.45, 7) is 9.63. The van der Waals surface area contributed by atoms with Gasteiger partial charge in [0.1, 0.15) is 17.9 Å². The Morgan fingerprint density at radius 1 is 1.29 bits per heavy atom. The van der Waals surface area contributed by atoms with Crippen LogP contribution in [0.5, 0.6) is 5.75 Å². The molecule has 3 aromatic rings. The molecule has 1 saturated heterocycles. The first kappa shape index (κ1) is 23.7. The van der Waals surface area contributed by atoms with Crippen molar-refractivity contribution in [3.63, 3.8) is 0 Å². The number of hydrogen-bond donors (Lipinski definition) is 0. The zero-order valence-corrected chi connectivity index (χ0v) is 19.7. The van der Waals surface area contributed by atoms with Crippen molar-refractivity contribution in [3.8, 4) is 5.75 Å². The largest absolute Gasteiger partial charge is 0.491 e. The molecule has 1 aliphatic rings. The van der Waals surface area contributed by atoms with Crippen LogP contribution >= 0.6 is 0 Å². The van der Waals surface area contributed by atoms with Gasteiger partial charge in [-0.05, 0) is 62.6 Å². The number of hydrogen-bond acceptors (Lipinski definition) is 4. The number of carbonyl (C=O) groups excluding carboxylic acids is 1. The lowest BCUT2D eigenvalue weighted by Crippen LogP contribution is -2.52. The third-order valence-electron chi connectivity index (χ3n) is 6.04. The van der Waals surface area contributed by atoms with E-state index in [4.69, 9.17) is 4.74 Å². The van der Waals surface area contributed by atoms with Gasteiger partial charge in [0.2, 0.25) is 0 Å². The number of carbonyl (C=O) groups is 1. The Hall–Kier alpha value is -3.45. The fourth-order valence-electron chi connectivity index (χ4n) is 4.53. The summed E-state index contributed by atoms with van der Waals surface area (Å²) in [5.41, 5.74) is 1.71. The molecule has 4 rings (SSSR count). The Bertz CT molecular complexity index is 1120. The fourth-order valence-corrected chi connectivity index (χ4v) is 4.53.